The molecule has 0 spiro atoms. The lowest BCUT2D eigenvalue weighted by atomic mass is 10.2. The molecule has 2 aliphatic heterocycles. The van der Waals surface area contributed by atoms with E-state index in [1.54, 1.807) is 17.0 Å². The highest BCUT2D eigenvalue weighted by Gasteiger charge is 2.32. The lowest BCUT2D eigenvalue weighted by molar-refractivity contribution is -0.0440. The molecular formula is C27H35ClN4O6S2. The number of thiazole rings is 1. The standard InChI is InChI=1S/C27H34N4O6S2.ClH/c1-18-16-30(17-19(2)37-18)39(33,34)21-8-6-20(7-9-21)26(32)31(11-5-10-29(3)4)27-28-22-14-23-24(15-25(22)38-27)36-13-12-35-23;/h6-9,14-15,18-19H,5,10-13,16-17H2,1-4H3;1H. The van der Waals surface area contributed by atoms with Crippen molar-refractivity contribution in [1.82, 2.24) is 14.2 Å². The number of carbonyl (C=O) groups is 1. The molecule has 0 aliphatic carbocycles. The van der Waals surface area contributed by atoms with Crippen molar-refractivity contribution in [2.24, 2.45) is 0 Å². The molecule has 13 heteroatoms. The van der Waals surface area contributed by atoms with Crippen LogP contribution in [0.4, 0.5) is 5.13 Å². The van der Waals surface area contributed by atoms with Gasteiger partial charge in [-0.2, -0.15) is 4.31 Å². The Morgan fingerprint density at radius 2 is 1.65 bits per heavy atom. The van der Waals surface area contributed by atoms with Gasteiger partial charge in [0.1, 0.15) is 13.2 Å². The van der Waals surface area contributed by atoms with Crippen LogP contribution in [0.3, 0.4) is 0 Å². The number of morpholine rings is 1. The first kappa shape index (κ1) is 30.5. The maximum atomic E-state index is 13.8. The Hall–Kier alpha value is -2.48. The number of amides is 1. The van der Waals surface area contributed by atoms with E-state index in [-0.39, 0.29) is 35.4 Å². The number of hydrogen-bond acceptors (Lipinski definition) is 9. The normalized spacial score (nSPS) is 19.4. The van der Waals surface area contributed by atoms with Crippen molar-refractivity contribution in [3.05, 3.63) is 42.0 Å². The van der Waals surface area contributed by atoms with E-state index in [1.807, 2.05) is 40.1 Å². The summed E-state index contributed by atoms with van der Waals surface area (Å²) in [6.07, 6.45) is 0.382. The van der Waals surface area contributed by atoms with Crippen LogP contribution in [0.5, 0.6) is 11.5 Å². The third-order valence-electron chi connectivity index (χ3n) is 6.63. The Kier molecular flexibility index (Phi) is 9.59. The number of benzene rings is 2. The van der Waals surface area contributed by atoms with Crippen LogP contribution in [0.2, 0.25) is 0 Å². The van der Waals surface area contributed by atoms with E-state index in [0.717, 1.165) is 23.2 Å². The molecule has 0 radical (unpaired) electrons. The third kappa shape index (κ3) is 6.53. The number of sulfonamides is 1. The quantitative estimate of drug-likeness (QED) is 0.379. The molecule has 1 aromatic heterocycles. The average molecular weight is 611 g/mol. The molecule has 0 saturated carbocycles. The molecule has 2 aliphatic rings. The molecule has 40 heavy (non-hydrogen) atoms. The second-order valence-corrected chi connectivity index (χ2v) is 13.1. The number of anilines is 1. The summed E-state index contributed by atoms with van der Waals surface area (Å²) in [4.78, 5) is 22.4. The van der Waals surface area contributed by atoms with Crippen molar-refractivity contribution in [3.8, 4) is 11.5 Å². The number of rotatable bonds is 8. The number of nitrogens with zero attached hydrogens (tertiary/aromatic N) is 4. The maximum absolute atomic E-state index is 13.8. The zero-order chi connectivity index (χ0) is 27.7. The first-order valence-electron chi connectivity index (χ1n) is 13.0. The summed E-state index contributed by atoms with van der Waals surface area (Å²) in [5.74, 6) is 1.09. The van der Waals surface area contributed by atoms with Crippen molar-refractivity contribution in [1.29, 1.82) is 0 Å². The maximum Gasteiger partial charge on any atom is 0.260 e. The number of halogens is 1. The van der Waals surface area contributed by atoms with Gasteiger partial charge >= 0.3 is 0 Å². The van der Waals surface area contributed by atoms with E-state index >= 15 is 0 Å². The Balaban J connectivity index is 0.00000370. The van der Waals surface area contributed by atoms with Gasteiger partial charge in [0.05, 0.1) is 27.3 Å². The fourth-order valence-corrected chi connectivity index (χ4v) is 7.39. The summed E-state index contributed by atoms with van der Waals surface area (Å²) in [7, 11) is 0.276. The molecule has 2 unspecified atom stereocenters. The molecular weight excluding hydrogens is 576 g/mol. The van der Waals surface area contributed by atoms with Gasteiger partial charge in [-0.25, -0.2) is 13.4 Å². The first-order chi connectivity index (χ1) is 18.6. The molecule has 1 saturated heterocycles. The lowest BCUT2D eigenvalue weighted by Crippen LogP contribution is -2.48. The fraction of sp³-hybridized carbons (Fsp3) is 0.481. The van der Waals surface area contributed by atoms with Gasteiger partial charge < -0.3 is 19.1 Å². The topological polar surface area (TPSA) is 102 Å². The fourth-order valence-electron chi connectivity index (χ4n) is 4.80. The molecule has 3 aromatic rings. The molecule has 1 fully saturated rings. The number of ether oxygens (including phenoxy) is 3. The van der Waals surface area contributed by atoms with E-state index < -0.39 is 10.0 Å². The Bertz CT molecular complexity index is 1390. The lowest BCUT2D eigenvalue weighted by Gasteiger charge is -2.34. The second kappa shape index (κ2) is 12.6. The van der Waals surface area contributed by atoms with Gasteiger partial charge in [-0.3, -0.25) is 9.69 Å². The predicted molar refractivity (Wildman–Crippen MR) is 158 cm³/mol. The number of hydrogen-bond donors (Lipinski definition) is 0. The Morgan fingerprint density at radius 1 is 1.02 bits per heavy atom. The van der Waals surface area contributed by atoms with Gasteiger partial charge in [-0.05, 0) is 65.2 Å². The molecule has 0 N–H and O–H groups in total. The van der Waals surface area contributed by atoms with Crippen LogP contribution < -0.4 is 14.4 Å². The van der Waals surface area contributed by atoms with E-state index in [4.69, 9.17) is 19.2 Å². The van der Waals surface area contributed by atoms with Crippen LogP contribution >= 0.6 is 23.7 Å². The highest BCUT2D eigenvalue weighted by atomic mass is 35.5. The van der Waals surface area contributed by atoms with Crippen molar-refractivity contribution in [2.75, 3.05) is 58.4 Å². The monoisotopic (exact) mass is 610 g/mol. The van der Waals surface area contributed by atoms with Gasteiger partial charge in [0.15, 0.2) is 16.6 Å². The molecule has 1 amide bonds. The van der Waals surface area contributed by atoms with Gasteiger partial charge in [-0.15, -0.1) is 12.4 Å². The van der Waals surface area contributed by atoms with E-state index in [2.05, 4.69) is 4.90 Å². The smallest absolute Gasteiger partial charge is 0.260 e. The van der Waals surface area contributed by atoms with Crippen LogP contribution in [0.1, 0.15) is 30.6 Å². The predicted octanol–water partition coefficient (Wildman–Crippen LogP) is 3.89. The van der Waals surface area contributed by atoms with E-state index in [1.165, 1.54) is 27.8 Å². The van der Waals surface area contributed by atoms with Gasteiger partial charge in [0, 0.05) is 37.3 Å². The van der Waals surface area contributed by atoms with Gasteiger partial charge in [0.25, 0.3) is 5.91 Å². The minimum Gasteiger partial charge on any atom is -0.486 e. The molecule has 3 heterocycles. The summed E-state index contributed by atoms with van der Waals surface area (Å²) in [6.45, 7) is 6.57. The molecule has 5 rings (SSSR count). The zero-order valence-corrected chi connectivity index (χ0v) is 25.5. The minimum absolute atomic E-state index is 0. The molecule has 2 atom stereocenters. The Labute approximate surface area is 245 Å². The molecule has 218 valence electrons. The summed E-state index contributed by atoms with van der Waals surface area (Å²) < 4.78 is 46.0. The van der Waals surface area contributed by atoms with Crippen molar-refractivity contribution in [3.63, 3.8) is 0 Å². The third-order valence-corrected chi connectivity index (χ3v) is 9.52. The molecule has 2 aromatic carbocycles. The Morgan fingerprint density at radius 3 is 2.27 bits per heavy atom. The summed E-state index contributed by atoms with van der Waals surface area (Å²) in [5.41, 5.74) is 1.13. The summed E-state index contributed by atoms with van der Waals surface area (Å²) in [6, 6.07) is 9.92. The highest BCUT2D eigenvalue weighted by Crippen LogP contribution is 2.39. The minimum atomic E-state index is -3.70. The largest absolute Gasteiger partial charge is 0.486 e. The molecule has 10 nitrogen and oxygen atoms in total. The van der Waals surface area contributed by atoms with Crippen LogP contribution in [0, 0.1) is 0 Å². The average Bonchev–Trinajstić information content (AvgIpc) is 3.31. The number of aromatic nitrogens is 1. The van der Waals surface area contributed by atoms with E-state index in [0.29, 0.717) is 55.0 Å². The van der Waals surface area contributed by atoms with Crippen LogP contribution in [-0.4, -0.2) is 94.2 Å². The van der Waals surface area contributed by atoms with Gasteiger partial charge in [-0.1, -0.05) is 11.3 Å². The zero-order valence-electron chi connectivity index (χ0n) is 23.0. The SMILES string of the molecule is CC1CN(S(=O)(=O)c2ccc(C(=O)N(CCCN(C)C)c3nc4cc5c(cc4s3)OCCO5)cc2)CC(C)O1.Cl. The summed E-state index contributed by atoms with van der Waals surface area (Å²) >= 11 is 1.42. The molecule has 0 bridgehead atoms. The van der Waals surface area contributed by atoms with Crippen molar-refractivity contribution in [2.45, 2.75) is 37.4 Å². The van der Waals surface area contributed by atoms with E-state index in [9.17, 15) is 13.2 Å². The second-order valence-electron chi connectivity index (χ2n) is 10.2. The number of fused-ring (bicyclic) bond motifs is 2. The highest BCUT2D eigenvalue weighted by molar-refractivity contribution is 7.89. The summed E-state index contributed by atoms with van der Waals surface area (Å²) in [5, 5.41) is 0.573. The first-order valence-corrected chi connectivity index (χ1v) is 15.3. The van der Waals surface area contributed by atoms with Crippen LogP contribution in [-0.2, 0) is 14.8 Å². The van der Waals surface area contributed by atoms with Crippen LogP contribution in [0.25, 0.3) is 10.2 Å². The van der Waals surface area contributed by atoms with Crippen molar-refractivity contribution >= 4 is 55.0 Å². The van der Waals surface area contributed by atoms with Crippen LogP contribution in [0.15, 0.2) is 41.3 Å². The van der Waals surface area contributed by atoms with Gasteiger partial charge in [0.2, 0.25) is 10.0 Å². The van der Waals surface area contributed by atoms with Crippen molar-refractivity contribution < 1.29 is 27.4 Å². The number of carbonyl (C=O) groups excluding carboxylic acids is 1.